The topological polar surface area (TPSA) is 91.8 Å². The molecule has 1 saturated heterocycles. The van der Waals surface area contributed by atoms with Gasteiger partial charge in [0.25, 0.3) is 0 Å². The van der Waals surface area contributed by atoms with Crippen molar-refractivity contribution < 1.29 is 27.0 Å². The third-order valence-electron chi connectivity index (χ3n) is 3.17. The zero-order valence-corrected chi connectivity index (χ0v) is 14.1. The van der Waals surface area contributed by atoms with Gasteiger partial charge in [0.1, 0.15) is 0 Å². The molecular weight excluding hydrogens is 405 g/mol. The molecule has 1 unspecified atom stereocenters. The molecule has 1 N–H and O–H groups in total. The number of nitrogens with zero attached hydrogens (tertiary/aromatic N) is 1. The Morgan fingerprint density at radius 1 is 1.50 bits per heavy atom. The molecule has 1 fully saturated rings. The molecule has 22 heavy (non-hydrogen) atoms. The van der Waals surface area contributed by atoms with E-state index in [2.05, 4.69) is 15.9 Å². The van der Waals surface area contributed by atoms with Crippen LogP contribution in [-0.2, 0) is 15.0 Å². The molecule has 1 aliphatic heterocycles. The number of carboxylic acids is 1. The van der Waals surface area contributed by atoms with Crippen LogP contribution in [0.25, 0.3) is 0 Å². The second-order valence-corrected chi connectivity index (χ2v) is 7.57. The predicted molar refractivity (Wildman–Crippen MR) is 81.5 cm³/mol. The molecule has 0 aliphatic carbocycles. The van der Waals surface area contributed by atoms with E-state index in [1.807, 2.05) is 0 Å². The summed E-state index contributed by atoms with van der Waals surface area (Å²) in [6.07, 6.45) is -0.169. The number of carboxylic acid groups (broad SMARTS) is 1. The first-order valence-electron chi connectivity index (χ1n) is 6.03. The van der Waals surface area contributed by atoms with Gasteiger partial charge in [0.2, 0.25) is 5.91 Å². The summed E-state index contributed by atoms with van der Waals surface area (Å²) in [4.78, 5) is 24.5. The van der Waals surface area contributed by atoms with Crippen LogP contribution in [0.3, 0.4) is 0 Å². The molecule has 0 spiro atoms. The Hall–Kier alpha value is -1.19. The summed E-state index contributed by atoms with van der Waals surface area (Å²) in [5.41, 5.74) is -0.114. The van der Waals surface area contributed by atoms with Crippen molar-refractivity contribution in [3.63, 3.8) is 0 Å². The molecule has 10 heteroatoms. The lowest BCUT2D eigenvalue weighted by Crippen LogP contribution is -2.27. The van der Waals surface area contributed by atoms with E-state index < -0.39 is 33.8 Å². The second-order valence-electron chi connectivity index (χ2n) is 4.87. The molecule has 0 saturated carbocycles. The zero-order chi connectivity index (χ0) is 16.7. The van der Waals surface area contributed by atoms with Gasteiger partial charge >= 0.3 is 16.2 Å². The molecule has 2 rings (SSSR count). The Labute approximate surface area is 139 Å². The Morgan fingerprint density at radius 2 is 2.14 bits per heavy atom. The van der Waals surface area contributed by atoms with Crippen LogP contribution >= 0.6 is 27.5 Å². The molecule has 1 aliphatic rings. The molecule has 1 aromatic carbocycles. The Bertz CT molecular complexity index is 754. The average molecular weight is 415 g/mol. The molecule has 0 bridgehead atoms. The number of halogens is 3. The lowest BCUT2D eigenvalue weighted by Gasteiger charge is -2.20. The van der Waals surface area contributed by atoms with Gasteiger partial charge in [-0.2, -0.15) is 8.42 Å². The maximum atomic E-state index is 12.8. The van der Waals surface area contributed by atoms with Crippen molar-refractivity contribution in [2.45, 2.75) is 6.42 Å². The monoisotopic (exact) mass is 413 g/mol. The summed E-state index contributed by atoms with van der Waals surface area (Å²) < 4.78 is 34.5. The van der Waals surface area contributed by atoms with Crippen LogP contribution in [0.15, 0.2) is 16.6 Å². The standard InChI is InChI=1S/C12H10BrClFNO5S/c13-9-3-7(14)2-8(12(18)19)11(9)16-4-6(1-10(16)17)5-22(15,20)21/h2-3,6H,1,4-5H2,(H,18,19). The summed E-state index contributed by atoms with van der Waals surface area (Å²) in [5.74, 6) is -3.26. The van der Waals surface area contributed by atoms with Crippen LogP contribution in [-0.4, -0.2) is 37.7 Å². The number of hydrogen-bond donors (Lipinski definition) is 1. The minimum absolute atomic E-state index is 0.0809. The van der Waals surface area contributed by atoms with Crippen molar-refractivity contribution in [1.29, 1.82) is 0 Å². The van der Waals surface area contributed by atoms with Crippen LogP contribution in [0, 0.1) is 5.92 Å². The van der Waals surface area contributed by atoms with Crippen LogP contribution in [0.2, 0.25) is 5.02 Å². The first-order valence-corrected chi connectivity index (χ1v) is 8.76. The first kappa shape index (κ1) is 17.2. The smallest absolute Gasteiger partial charge is 0.337 e. The van der Waals surface area contributed by atoms with Gasteiger partial charge in [-0.05, 0) is 28.1 Å². The van der Waals surface area contributed by atoms with E-state index in [1.165, 1.54) is 12.1 Å². The van der Waals surface area contributed by atoms with Crippen molar-refractivity contribution >= 4 is 55.3 Å². The molecule has 6 nitrogen and oxygen atoms in total. The average Bonchev–Trinajstić information content (AvgIpc) is 2.66. The van der Waals surface area contributed by atoms with Crippen LogP contribution < -0.4 is 4.90 Å². The number of amides is 1. The number of benzene rings is 1. The Morgan fingerprint density at radius 3 is 2.68 bits per heavy atom. The van der Waals surface area contributed by atoms with Gasteiger partial charge in [-0.25, -0.2) is 4.79 Å². The summed E-state index contributed by atoms with van der Waals surface area (Å²) in [6.45, 7) is -0.0809. The minimum Gasteiger partial charge on any atom is -0.478 e. The fourth-order valence-electron chi connectivity index (χ4n) is 2.39. The minimum atomic E-state index is -4.71. The number of carbonyl (C=O) groups is 2. The van der Waals surface area contributed by atoms with E-state index >= 15 is 0 Å². The summed E-state index contributed by atoms with van der Waals surface area (Å²) in [5, 5.41) is 9.41. The zero-order valence-electron chi connectivity index (χ0n) is 10.9. The fraction of sp³-hybridized carbons (Fsp3) is 0.333. The maximum absolute atomic E-state index is 12.8. The van der Waals surface area contributed by atoms with Crippen LogP contribution in [0.4, 0.5) is 9.57 Å². The fourth-order valence-corrected chi connectivity index (χ4v) is 4.20. The predicted octanol–water partition coefficient (Wildman–Crippen LogP) is 2.45. The molecule has 1 aromatic rings. The van der Waals surface area contributed by atoms with E-state index in [4.69, 9.17) is 11.6 Å². The molecule has 0 aromatic heterocycles. The third-order valence-corrected chi connectivity index (χ3v) is 4.86. The number of rotatable bonds is 4. The van der Waals surface area contributed by atoms with Crippen LogP contribution in [0.1, 0.15) is 16.8 Å². The number of hydrogen-bond acceptors (Lipinski definition) is 4. The van der Waals surface area contributed by atoms with Crippen molar-refractivity contribution in [3.8, 4) is 0 Å². The summed E-state index contributed by atoms with van der Waals surface area (Å²) >= 11 is 8.95. The number of aromatic carboxylic acids is 1. The van der Waals surface area contributed by atoms with Gasteiger partial charge in [-0.15, -0.1) is 3.89 Å². The van der Waals surface area contributed by atoms with Gasteiger partial charge in [0, 0.05) is 28.4 Å². The highest BCUT2D eigenvalue weighted by molar-refractivity contribution is 9.10. The summed E-state index contributed by atoms with van der Waals surface area (Å²) in [7, 11) is -4.71. The SMILES string of the molecule is O=C(O)c1cc(Cl)cc(Br)c1N1CC(CS(=O)(=O)F)CC1=O. The largest absolute Gasteiger partial charge is 0.478 e. The normalized spacial score (nSPS) is 18.8. The highest BCUT2D eigenvalue weighted by Crippen LogP contribution is 2.37. The number of carbonyl (C=O) groups excluding carboxylic acids is 1. The first-order chi connectivity index (χ1) is 10.1. The number of anilines is 1. The highest BCUT2D eigenvalue weighted by Gasteiger charge is 2.36. The third kappa shape index (κ3) is 3.76. The van der Waals surface area contributed by atoms with Gasteiger partial charge in [0.05, 0.1) is 17.0 Å². The van der Waals surface area contributed by atoms with E-state index in [0.29, 0.717) is 0 Å². The highest BCUT2D eigenvalue weighted by atomic mass is 79.9. The lowest BCUT2D eigenvalue weighted by atomic mass is 10.1. The van der Waals surface area contributed by atoms with Crippen LogP contribution in [0.5, 0.6) is 0 Å². The quantitative estimate of drug-likeness (QED) is 0.764. The lowest BCUT2D eigenvalue weighted by molar-refractivity contribution is -0.117. The maximum Gasteiger partial charge on any atom is 0.337 e. The summed E-state index contributed by atoms with van der Waals surface area (Å²) in [6, 6.07) is 2.62. The molecule has 1 atom stereocenters. The molecular formula is C12H10BrClFNO5S. The van der Waals surface area contributed by atoms with Crippen molar-refractivity contribution in [1.82, 2.24) is 0 Å². The van der Waals surface area contributed by atoms with E-state index in [1.54, 1.807) is 0 Å². The van der Waals surface area contributed by atoms with Gasteiger partial charge < -0.3 is 10.0 Å². The molecule has 0 radical (unpaired) electrons. The Balaban J connectivity index is 2.40. The second kappa shape index (κ2) is 6.13. The van der Waals surface area contributed by atoms with Gasteiger partial charge in [0.15, 0.2) is 0 Å². The van der Waals surface area contributed by atoms with E-state index in [0.717, 1.165) is 4.90 Å². The Kier molecular flexibility index (Phi) is 4.78. The van der Waals surface area contributed by atoms with Crippen molar-refractivity contribution in [2.75, 3.05) is 17.2 Å². The molecule has 120 valence electrons. The van der Waals surface area contributed by atoms with Crippen molar-refractivity contribution in [3.05, 3.63) is 27.2 Å². The molecule has 1 amide bonds. The van der Waals surface area contributed by atoms with Gasteiger partial charge in [-0.3, -0.25) is 4.79 Å². The van der Waals surface area contributed by atoms with Crippen molar-refractivity contribution in [2.24, 2.45) is 5.92 Å². The van der Waals surface area contributed by atoms with E-state index in [-0.39, 0.29) is 33.7 Å². The molecule has 1 heterocycles. The van der Waals surface area contributed by atoms with Gasteiger partial charge in [-0.1, -0.05) is 11.6 Å². The van der Waals surface area contributed by atoms with E-state index in [9.17, 15) is 27.0 Å².